The number of hydrogen-bond donors (Lipinski definition) is 0. The van der Waals surface area contributed by atoms with E-state index in [1.165, 1.54) is 6.33 Å². The first kappa shape index (κ1) is 12.8. The van der Waals surface area contributed by atoms with Crippen molar-refractivity contribution in [2.75, 3.05) is 13.2 Å². The third kappa shape index (κ3) is 2.18. The molecule has 0 radical (unpaired) electrons. The van der Waals surface area contributed by atoms with Gasteiger partial charge in [0.15, 0.2) is 5.65 Å². The molecule has 3 aromatic rings. The normalized spacial score (nSPS) is 14.3. The van der Waals surface area contributed by atoms with Gasteiger partial charge in [-0.05, 0) is 18.2 Å². The Morgan fingerprint density at radius 1 is 1.23 bits per heavy atom. The molecule has 0 saturated heterocycles. The molecule has 0 atom stereocenters. The predicted octanol–water partition coefficient (Wildman–Crippen LogP) is 1.76. The molecule has 1 aromatic carbocycles. The highest BCUT2D eigenvalue weighted by molar-refractivity contribution is 5.95. The van der Waals surface area contributed by atoms with Crippen LogP contribution in [0, 0.1) is 0 Å². The molecule has 4 rings (SSSR count). The average Bonchev–Trinajstić information content (AvgIpc) is 2.91. The largest absolute Gasteiger partial charge is 0.491 e. The molecule has 0 bridgehead atoms. The van der Waals surface area contributed by atoms with E-state index in [0.717, 1.165) is 11.3 Å². The van der Waals surface area contributed by atoms with Gasteiger partial charge in [-0.1, -0.05) is 18.2 Å². The summed E-state index contributed by atoms with van der Waals surface area (Å²) in [6, 6.07) is 11.3. The third-order valence-electron chi connectivity index (χ3n) is 3.77. The highest BCUT2D eigenvalue weighted by Gasteiger charge is 2.21. The molecule has 1 aliphatic rings. The summed E-state index contributed by atoms with van der Waals surface area (Å²) in [6.45, 7) is 1.61. The van der Waals surface area contributed by atoms with Crippen LogP contribution >= 0.6 is 0 Å². The Labute approximate surface area is 127 Å². The molecule has 0 aliphatic carbocycles. The van der Waals surface area contributed by atoms with Gasteiger partial charge < -0.3 is 9.64 Å². The van der Waals surface area contributed by atoms with E-state index in [9.17, 15) is 4.79 Å². The van der Waals surface area contributed by atoms with Crippen molar-refractivity contribution in [1.29, 1.82) is 0 Å². The second kappa shape index (κ2) is 5.14. The van der Waals surface area contributed by atoms with Crippen LogP contribution in [0.15, 0.2) is 48.9 Å². The van der Waals surface area contributed by atoms with Gasteiger partial charge in [0, 0.05) is 23.9 Å². The highest BCUT2D eigenvalue weighted by atomic mass is 16.5. The second-order valence-electron chi connectivity index (χ2n) is 5.16. The van der Waals surface area contributed by atoms with Crippen LogP contribution < -0.4 is 4.74 Å². The molecular weight excluding hydrogens is 280 g/mol. The molecule has 0 spiro atoms. The van der Waals surface area contributed by atoms with Gasteiger partial charge in [0.05, 0.1) is 6.54 Å². The fourth-order valence-corrected chi connectivity index (χ4v) is 2.63. The van der Waals surface area contributed by atoms with Gasteiger partial charge >= 0.3 is 0 Å². The summed E-state index contributed by atoms with van der Waals surface area (Å²) in [5.74, 6) is 0.830. The van der Waals surface area contributed by atoms with Gasteiger partial charge in [-0.25, -0.2) is 9.50 Å². The average molecular weight is 294 g/mol. The fraction of sp³-hybridized carbons (Fsp3) is 0.188. The minimum atomic E-state index is -0.0224. The van der Waals surface area contributed by atoms with Crippen LogP contribution in [-0.2, 0) is 6.54 Å². The van der Waals surface area contributed by atoms with Crippen molar-refractivity contribution < 1.29 is 9.53 Å². The first-order valence-electron chi connectivity index (χ1n) is 7.11. The first-order chi connectivity index (χ1) is 10.8. The Hall–Kier alpha value is -2.89. The number of amides is 1. The number of carbonyl (C=O) groups excluding carboxylic acids is 1. The molecule has 0 saturated carbocycles. The van der Waals surface area contributed by atoms with Crippen LogP contribution in [0.5, 0.6) is 5.75 Å². The van der Waals surface area contributed by atoms with Crippen molar-refractivity contribution in [1.82, 2.24) is 19.5 Å². The molecule has 110 valence electrons. The van der Waals surface area contributed by atoms with E-state index in [-0.39, 0.29) is 5.91 Å². The predicted molar refractivity (Wildman–Crippen MR) is 79.7 cm³/mol. The molecular formula is C16H14N4O2. The zero-order chi connectivity index (χ0) is 14.9. The number of rotatable bonds is 1. The van der Waals surface area contributed by atoms with Crippen LogP contribution in [0.25, 0.3) is 5.65 Å². The van der Waals surface area contributed by atoms with Crippen LogP contribution in [0.4, 0.5) is 0 Å². The van der Waals surface area contributed by atoms with Crippen molar-refractivity contribution >= 4 is 11.6 Å². The van der Waals surface area contributed by atoms with Crippen LogP contribution in [0.3, 0.4) is 0 Å². The van der Waals surface area contributed by atoms with Crippen molar-refractivity contribution in [3.05, 3.63) is 60.0 Å². The van der Waals surface area contributed by atoms with Gasteiger partial charge in [-0.3, -0.25) is 4.79 Å². The van der Waals surface area contributed by atoms with Gasteiger partial charge in [-0.2, -0.15) is 5.10 Å². The van der Waals surface area contributed by atoms with E-state index >= 15 is 0 Å². The Morgan fingerprint density at radius 3 is 3.09 bits per heavy atom. The molecule has 0 fully saturated rings. The number of para-hydroxylation sites is 1. The Balaban J connectivity index is 1.64. The molecule has 6 heteroatoms. The maximum absolute atomic E-state index is 12.7. The lowest BCUT2D eigenvalue weighted by Crippen LogP contribution is -2.32. The van der Waals surface area contributed by atoms with Crippen LogP contribution in [0.1, 0.15) is 15.9 Å². The Bertz CT molecular complexity index is 843. The van der Waals surface area contributed by atoms with Crippen LogP contribution in [0.2, 0.25) is 0 Å². The van der Waals surface area contributed by atoms with Gasteiger partial charge in [0.2, 0.25) is 0 Å². The summed E-state index contributed by atoms with van der Waals surface area (Å²) in [6.07, 6.45) is 3.22. The molecule has 22 heavy (non-hydrogen) atoms. The first-order valence-corrected chi connectivity index (χ1v) is 7.11. The summed E-state index contributed by atoms with van der Waals surface area (Å²) in [4.78, 5) is 18.7. The summed E-state index contributed by atoms with van der Waals surface area (Å²) in [5.41, 5.74) is 2.30. The van der Waals surface area contributed by atoms with Crippen molar-refractivity contribution in [2.24, 2.45) is 0 Å². The van der Waals surface area contributed by atoms with Crippen molar-refractivity contribution in [3.63, 3.8) is 0 Å². The lowest BCUT2D eigenvalue weighted by atomic mass is 10.1. The molecule has 1 amide bonds. The zero-order valence-corrected chi connectivity index (χ0v) is 11.8. The van der Waals surface area contributed by atoms with Crippen molar-refractivity contribution in [3.8, 4) is 5.75 Å². The van der Waals surface area contributed by atoms with E-state index in [2.05, 4.69) is 10.1 Å². The SMILES string of the molecule is O=C(c1ccn2ncnc2c1)N1CCOc2ccccc2C1. The summed E-state index contributed by atoms with van der Waals surface area (Å²) in [5, 5.41) is 4.04. The molecule has 1 aliphatic heterocycles. The quantitative estimate of drug-likeness (QED) is 0.686. The fourth-order valence-electron chi connectivity index (χ4n) is 2.63. The lowest BCUT2D eigenvalue weighted by Gasteiger charge is -2.19. The number of fused-ring (bicyclic) bond motifs is 2. The maximum Gasteiger partial charge on any atom is 0.254 e. The number of pyridine rings is 1. The maximum atomic E-state index is 12.7. The molecule has 0 N–H and O–H groups in total. The number of ether oxygens (including phenoxy) is 1. The molecule has 6 nitrogen and oxygen atoms in total. The van der Waals surface area contributed by atoms with Gasteiger partial charge in [-0.15, -0.1) is 0 Å². The van der Waals surface area contributed by atoms with E-state index < -0.39 is 0 Å². The van der Waals surface area contributed by atoms with E-state index in [4.69, 9.17) is 4.74 Å². The minimum Gasteiger partial charge on any atom is -0.491 e. The summed E-state index contributed by atoms with van der Waals surface area (Å²) >= 11 is 0. The number of hydrogen-bond acceptors (Lipinski definition) is 4. The van der Waals surface area contributed by atoms with E-state index in [0.29, 0.717) is 30.9 Å². The van der Waals surface area contributed by atoms with E-state index in [1.807, 2.05) is 24.3 Å². The third-order valence-corrected chi connectivity index (χ3v) is 3.77. The topological polar surface area (TPSA) is 59.7 Å². The highest BCUT2D eigenvalue weighted by Crippen LogP contribution is 2.23. The summed E-state index contributed by atoms with van der Waals surface area (Å²) in [7, 11) is 0. The molecule has 0 unspecified atom stereocenters. The molecule has 2 aromatic heterocycles. The number of carbonyl (C=O) groups is 1. The van der Waals surface area contributed by atoms with E-state index in [1.54, 1.807) is 27.7 Å². The monoisotopic (exact) mass is 294 g/mol. The zero-order valence-electron chi connectivity index (χ0n) is 11.8. The smallest absolute Gasteiger partial charge is 0.254 e. The summed E-state index contributed by atoms with van der Waals surface area (Å²) < 4.78 is 7.34. The molecule has 3 heterocycles. The van der Waals surface area contributed by atoms with Gasteiger partial charge in [0.25, 0.3) is 5.91 Å². The Kier molecular flexibility index (Phi) is 3.00. The lowest BCUT2D eigenvalue weighted by molar-refractivity contribution is 0.0733. The number of aromatic nitrogens is 3. The number of benzene rings is 1. The minimum absolute atomic E-state index is 0.0224. The van der Waals surface area contributed by atoms with Crippen LogP contribution in [-0.4, -0.2) is 38.6 Å². The van der Waals surface area contributed by atoms with Gasteiger partial charge in [0.1, 0.15) is 18.7 Å². The standard InChI is InChI=1S/C16H14N4O2/c21-16(12-5-6-20-15(9-12)17-11-18-20)19-7-8-22-14-4-2-1-3-13(14)10-19/h1-6,9,11H,7-8,10H2. The second-order valence-corrected chi connectivity index (χ2v) is 5.16. The number of nitrogens with zero attached hydrogens (tertiary/aromatic N) is 4. The van der Waals surface area contributed by atoms with Crippen molar-refractivity contribution in [2.45, 2.75) is 6.54 Å². The Morgan fingerprint density at radius 2 is 2.14 bits per heavy atom.